The van der Waals surface area contributed by atoms with Crippen LogP contribution in [0.2, 0.25) is 0 Å². The van der Waals surface area contributed by atoms with Crippen LogP contribution in [0.25, 0.3) is 10.6 Å². The van der Waals surface area contributed by atoms with Crippen molar-refractivity contribution in [3.63, 3.8) is 0 Å². The maximum absolute atomic E-state index is 11.9. The molecule has 2 heterocycles. The summed E-state index contributed by atoms with van der Waals surface area (Å²) in [5, 5.41) is 0.641. The molecule has 0 aromatic carbocycles. The fourth-order valence-electron chi connectivity index (χ4n) is 1.71. The van der Waals surface area contributed by atoms with Gasteiger partial charge in [-0.05, 0) is 20.3 Å². The van der Waals surface area contributed by atoms with Gasteiger partial charge in [-0.1, -0.05) is 6.92 Å². The van der Waals surface area contributed by atoms with Gasteiger partial charge in [0, 0.05) is 6.20 Å². The van der Waals surface area contributed by atoms with Crippen molar-refractivity contribution in [2.45, 2.75) is 27.2 Å². The van der Waals surface area contributed by atoms with E-state index in [4.69, 9.17) is 10.5 Å². The van der Waals surface area contributed by atoms with Crippen molar-refractivity contribution in [1.82, 2.24) is 15.0 Å². The number of hydrogen-bond donors (Lipinski definition) is 1. The fraction of sp³-hybridized carbons (Fsp3) is 0.385. The van der Waals surface area contributed by atoms with Crippen LogP contribution in [-0.4, -0.2) is 27.5 Å². The molecule has 0 amide bonds. The summed E-state index contributed by atoms with van der Waals surface area (Å²) >= 11 is 1.26. The van der Waals surface area contributed by atoms with Crippen molar-refractivity contribution in [2.24, 2.45) is 0 Å². The predicted octanol–water partition coefficient (Wildman–Crippen LogP) is 2.23. The van der Waals surface area contributed by atoms with Gasteiger partial charge >= 0.3 is 5.97 Å². The van der Waals surface area contributed by atoms with E-state index in [1.54, 1.807) is 20.0 Å². The van der Waals surface area contributed by atoms with Gasteiger partial charge in [-0.3, -0.25) is 0 Å². The standard InChI is InChI=1S/C13H16N4O2S/c1-4-9-10(13(18)19-5-2)20-12(17-9)8-6-15-7(3)16-11(8)14/h6H,4-5H2,1-3H3,(H2,14,15,16). The second kappa shape index (κ2) is 5.96. The third-order valence-electron chi connectivity index (χ3n) is 2.66. The molecule has 0 radical (unpaired) electrons. The molecule has 0 aliphatic carbocycles. The molecule has 2 N–H and O–H groups in total. The third-order valence-corrected chi connectivity index (χ3v) is 3.77. The number of nitrogens with zero attached hydrogens (tertiary/aromatic N) is 3. The van der Waals surface area contributed by atoms with Gasteiger partial charge in [0.15, 0.2) is 0 Å². The number of esters is 1. The van der Waals surface area contributed by atoms with E-state index in [0.29, 0.717) is 45.8 Å². The maximum Gasteiger partial charge on any atom is 0.350 e. The summed E-state index contributed by atoms with van der Waals surface area (Å²) in [6, 6.07) is 0. The van der Waals surface area contributed by atoms with Crippen LogP contribution in [0.4, 0.5) is 5.82 Å². The lowest BCUT2D eigenvalue weighted by molar-refractivity contribution is 0.0530. The number of anilines is 1. The van der Waals surface area contributed by atoms with E-state index >= 15 is 0 Å². The molecule has 0 unspecified atom stereocenters. The number of nitrogen functional groups attached to an aromatic ring is 1. The first-order valence-corrected chi connectivity index (χ1v) is 7.14. The van der Waals surface area contributed by atoms with Crippen molar-refractivity contribution in [3.05, 3.63) is 22.6 Å². The molecule has 2 aromatic rings. The maximum atomic E-state index is 11.9. The molecule has 0 atom stereocenters. The Kier molecular flexibility index (Phi) is 4.29. The summed E-state index contributed by atoms with van der Waals surface area (Å²) in [6.07, 6.45) is 2.28. The Bertz CT molecular complexity index is 639. The Morgan fingerprint density at radius 2 is 2.15 bits per heavy atom. The zero-order chi connectivity index (χ0) is 14.7. The third kappa shape index (κ3) is 2.77. The Balaban J connectivity index is 2.45. The number of thiazole rings is 1. The Morgan fingerprint density at radius 1 is 1.40 bits per heavy atom. The van der Waals surface area contributed by atoms with E-state index in [1.807, 2.05) is 6.92 Å². The molecule has 0 spiro atoms. The lowest BCUT2D eigenvalue weighted by Gasteiger charge is -2.00. The van der Waals surface area contributed by atoms with Gasteiger partial charge in [-0.2, -0.15) is 0 Å². The highest BCUT2D eigenvalue weighted by Gasteiger charge is 2.20. The van der Waals surface area contributed by atoms with Crippen LogP contribution in [0, 0.1) is 6.92 Å². The second-order valence-electron chi connectivity index (χ2n) is 4.08. The van der Waals surface area contributed by atoms with Crippen LogP contribution in [-0.2, 0) is 11.2 Å². The van der Waals surface area contributed by atoms with Crippen LogP contribution in [0.5, 0.6) is 0 Å². The molecule has 0 aliphatic rings. The normalized spacial score (nSPS) is 10.6. The van der Waals surface area contributed by atoms with Gasteiger partial charge in [-0.15, -0.1) is 11.3 Å². The number of ether oxygens (including phenoxy) is 1. The molecule has 7 heteroatoms. The van der Waals surface area contributed by atoms with Crippen LogP contribution < -0.4 is 5.73 Å². The number of carbonyl (C=O) groups excluding carboxylic acids is 1. The van der Waals surface area contributed by atoms with E-state index in [9.17, 15) is 4.79 Å². The van der Waals surface area contributed by atoms with Gasteiger partial charge in [0.25, 0.3) is 0 Å². The molecular formula is C13H16N4O2S. The van der Waals surface area contributed by atoms with Crippen LogP contribution in [0.15, 0.2) is 6.20 Å². The summed E-state index contributed by atoms with van der Waals surface area (Å²) in [6.45, 7) is 5.82. The molecule has 0 saturated carbocycles. The minimum Gasteiger partial charge on any atom is -0.462 e. The first-order valence-electron chi connectivity index (χ1n) is 6.33. The van der Waals surface area contributed by atoms with Crippen LogP contribution >= 0.6 is 11.3 Å². The number of rotatable bonds is 4. The molecule has 0 fully saturated rings. The molecule has 0 bridgehead atoms. The molecule has 0 aliphatic heterocycles. The monoisotopic (exact) mass is 292 g/mol. The van der Waals surface area contributed by atoms with Gasteiger partial charge < -0.3 is 10.5 Å². The number of hydrogen-bond acceptors (Lipinski definition) is 7. The fourth-order valence-corrected chi connectivity index (χ4v) is 2.78. The molecule has 20 heavy (non-hydrogen) atoms. The molecule has 2 rings (SSSR count). The average Bonchev–Trinajstić information content (AvgIpc) is 2.83. The summed E-state index contributed by atoms with van der Waals surface area (Å²) in [7, 11) is 0. The molecule has 0 saturated heterocycles. The van der Waals surface area contributed by atoms with Crippen molar-refractivity contribution in [3.8, 4) is 10.6 Å². The smallest absolute Gasteiger partial charge is 0.350 e. The molecule has 106 valence electrons. The van der Waals surface area contributed by atoms with Crippen molar-refractivity contribution < 1.29 is 9.53 Å². The van der Waals surface area contributed by atoms with Crippen molar-refractivity contribution >= 4 is 23.1 Å². The van der Waals surface area contributed by atoms with E-state index in [1.165, 1.54) is 11.3 Å². The Morgan fingerprint density at radius 3 is 2.75 bits per heavy atom. The molecular weight excluding hydrogens is 276 g/mol. The minimum atomic E-state index is -0.347. The lowest BCUT2D eigenvalue weighted by atomic mass is 10.3. The average molecular weight is 292 g/mol. The quantitative estimate of drug-likeness (QED) is 0.869. The Hall–Kier alpha value is -2.02. The summed E-state index contributed by atoms with van der Waals surface area (Å²) in [5.41, 5.74) is 7.24. The van der Waals surface area contributed by atoms with E-state index in [2.05, 4.69) is 15.0 Å². The highest BCUT2D eigenvalue weighted by molar-refractivity contribution is 7.17. The van der Waals surface area contributed by atoms with Gasteiger partial charge in [0.05, 0.1) is 17.9 Å². The largest absolute Gasteiger partial charge is 0.462 e. The molecule has 2 aromatic heterocycles. The SMILES string of the molecule is CCOC(=O)c1sc(-c2cnc(C)nc2N)nc1CC. The predicted molar refractivity (Wildman–Crippen MR) is 77.6 cm³/mol. The number of nitrogens with two attached hydrogens (primary N) is 1. The highest BCUT2D eigenvalue weighted by Crippen LogP contribution is 2.31. The number of aryl methyl sites for hydroxylation is 2. The zero-order valence-corrected chi connectivity index (χ0v) is 12.5. The molecule has 6 nitrogen and oxygen atoms in total. The highest BCUT2D eigenvalue weighted by atomic mass is 32.1. The Labute approximate surface area is 121 Å². The summed E-state index contributed by atoms with van der Waals surface area (Å²) < 4.78 is 5.04. The summed E-state index contributed by atoms with van der Waals surface area (Å²) in [5.74, 6) is 0.619. The minimum absolute atomic E-state index is 0.338. The first kappa shape index (κ1) is 14.4. The second-order valence-corrected chi connectivity index (χ2v) is 5.08. The number of aromatic nitrogens is 3. The zero-order valence-electron chi connectivity index (χ0n) is 11.6. The summed E-state index contributed by atoms with van der Waals surface area (Å²) in [4.78, 5) is 25.1. The first-order chi connectivity index (χ1) is 9.56. The van der Waals surface area contributed by atoms with Crippen molar-refractivity contribution in [1.29, 1.82) is 0 Å². The van der Waals surface area contributed by atoms with Crippen LogP contribution in [0.3, 0.4) is 0 Å². The van der Waals surface area contributed by atoms with Crippen LogP contribution in [0.1, 0.15) is 35.0 Å². The van der Waals surface area contributed by atoms with E-state index in [0.717, 1.165) is 0 Å². The topological polar surface area (TPSA) is 91.0 Å². The van der Waals surface area contributed by atoms with Gasteiger partial charge in [0.1, 0.15) is 21.5 Å². The van der Waals surface area contributed by atoms with E-state index in [-0.39, 0.29) is 5.97 Å². The number of carbonyl (C=O) groups is 1. The van der Waals surface area contributed by atoms with Gasteiger partial charge in [0.2, 0.25) is 0 Å². The van der Waals surface area contributed by atoms with E-state index < -0.39 is 0 Å². The van der Waals surface area contributed by atoms with Crippen molar-refractivity contribution in [2.75, 3.05) is 12.3 Å². The van der Waals surface area contributed by atoms with Gasteiger partial charge in [-0.25, -0.2) is 19.7 Å². The lowest BCUT2D eigenvalue weighted by Crippen LogP contribution is -2.05.